The molecule has 0 aliphatic carbocycles. The lowest BCUT2D eigenvalue weighted by Gasteiger charge is -2.36. The summed E-state index contributed by atoms with van der Waals surface area (Å²) in [5.41, 5.74) is 6.91. The molecule has 0 aromatic heterocycles. The van der Waals surface area contributed by atoms with Crippen molar-refractivity contribution in [2.75, 3.05) is 51.3 Å². The van der Waals surface area contributed by atoms with Crippen molar-refractivity contribution in [2.45, 2.75) is 12.5 Å². The Morgan fingerprint density at radius 1 is 1.25 bits per heavy atom. The molecule has 1 aliphatic heterocycles. The summed E-state index contributed by atoms with van der Waals surface area (Å²) in [5, 5.41) is 8.95. The van der Waals surface area contributed by atoms with Crippen molar-refractivity contribution in [2.24, 2.45) is 5.73 Å². The van der Waals surface area contributed by atoms with Crippen LogP contribution in [-0.2, 0) is 0 Å². The van der Waals surface area contributed by atoms with Crippen LogP contribution < -0.4 is 15.4 Å². The maximum Gasteiger partial charge on any atom is 0.142 e. The predicted molar refractivity (Wildman–Crippen MR) is 81.3 cm³/mol. The number of anilines is 1. The molecule has 1 fully saturated rings. The Bertz CT molecular complexity index is 406. The molecule has 0 spiro atoms. The zero-order valence-electron chi connectivity index (χ0n) is 12.2. The van der Waals surface area contributed by atoms with Crippen molar-refractivity contribution in [1.82, 2.24) is 4.90 Å². The first-order valence-corrected chi connectivity index (χ1v) is 7.21. The van der Waals surface area contributed by atoms with Crippen LogP contribution in [0.2, 0.25) is 0 Å². The number of hydrogen-bond acceptors (Lipinski definition) is 5. The summed E-state index contributed by atoms with van der Waals surface area (Å²) in [7, 11) is 1.71. The van der Waals surface area contributed by atoms with E-state index < -0.39 is 0 Å². The van der Waals surface area contributed by atoms with Crippen LogP contribution in [0, 0.1) is 0 Å². The minimum atomic E-state index is -0.0951. The molecule has 1 saturated heterocycles. The molecule has 1 aliphatic rings. The van der Waals surface area contributed by atoms with Crippen LogP contribution in [-0.4, -0.2) is 62.5 Å². The van der Waals surface area contributed by atoms with Gasteiger partial charge >= 0.3 is 0 Å². The van der Waals surface area contributed by atoms with E-state index in [4.69, 9.17) is 15.6 Å². The van der Waals surface area contributed by atoms with Gasteiger partial charge in [0.1, 0.15) is 5.75 Å². The van der Waals surface area contributed by atoms with Gasteiger partial charge in [-0.15, -0.1) is 0 Å². The average molecular weight is 279 g/mol. The van der Waals surface area contributed by atoms with Gasteiger partial charge in [0.15, 0.2) is 0 Å². The van der Waals surface area contributed by atoms with Gasteiger partial charge < -0.3 is 20.5 Å². The smallest absolute Gasteiger partial charge is 0.142 e. The Labute approximate surface area is 120 Å². The third-order valence-electron chi connectivity index (χ3n) is 3.85. The number of methoxy groups -OCH3 is 1. The standard InChI is InChI=1S/C15H25N3O2/c1-20-15-5-3-2-4-14(15)18-10-8-17(9-11-18)7-6-13(16)12-19/h2-5,13,19H,6-12,16H2,1H3. The molecule has 1 aromatic carbocycles. The van der Waals surface area contributed by atoms with Gasteiger partial charge in [-0.1, -0.05) is 12.1 Å². The highest BCUT2D eigenvalue weighted by molar-refractivity contribution is 5.58. The zero-order valence-corrected chi connectivity index (χ0v) is 12.2. The first-order chi connectivity index (χ1) is 9.74. The molecule has 0 radical (unpaired) electrons. The van der Waals surface area contributed by atoms with Gasteiger partial charge in [0.2, 0.25) is 0 Å². The number of nitrogens with two attached hydrogens (primary N) is 1. The summed E-state index contributed by atoms with van der Waals surface area (Å²) in [4.78, 5) is 4.77. The summed E-state index contributed by atoms with van der Waals surface area (Å²) in [6.07, 6.45) is 0.852. The van der Waals surface area contributed by atoms with Crippen LogP contribution in [0.5, 0.6) is 5.75 Å². The summed E-state index contributed by atoms with van der Waals surface area (Å²) < 4.78 is 5.42. The van der Waals surface area contributed by atoms with E-state index in [1.54, 1.807) is 7.11 Å². The van der Waals surface area contributed by atoms with Crippen LogP contribution >= 0.6 is 0 Å². The van der Waals surface area contributed by atoms with Crippen molar-refractivity contribution in [3.8, 4) is 5.75 Å². The summed E-state index contributed by atoms with van der Waals surface area (Å²) in [6, 6.07) is 8.06. The Balaban J connectivity index is 1.85. The number of rotatable bonds is 6. The zero-order chi connectivity index (χ0) is 14.4. The molecule has 112 valence electrons. The van der Waals surface area contributed by atoms with Crippen LogP contribution in [0.25, 0.3) is 0 Å². The monoisotopic (exact) mass is 279 g/mol. The number of nitrogens with zero attached hydrogens (tertiary/aromatic N) is 2. The van der Waals surface area contributed by atoms with E-state index in [1.165, 1.54) is 5.69 Å². The molecule has 20 heavy (non-hydrogen) atoms. The fraction of sp³-hybridized carbons (Fsp3) is 0.600. The van der Waals surface area contributed by atoms with E-state index in [9.17, 15) is 0 Å². The molecule has 1 unspecified atom stereocenters. The van der Waals surface area contributed by atoms with E-state index >= 15 is 0 Å². The second-order valence-corrected chi connectivity index (χ2v) is 5.23. The van der Waals surface area contributed by atoms with E-state index in [2.05, 4.69) is 15.9 Å². The molecule has 0 bridgehead atoms. The van der Waals surface area contributed by atoms with E-state index in [1.807, 2.05) is 18.2 Å². The highest BCUT2D eigenvalue weighted by atomic mass is 16.5. The topological polar surface area (TPSA) is 62.0 Å². The second-order valence-electron chi connectivity index (χ2n) is 5.23. The Morgan fingerprint density at radius 2 is 1.95 bits per heavy atom. The van der Waals surface area contributed by atoms with E-state index in [0.717, 1.165) is 44.9 Å². The molecule has 0 amide bonds. The lowest BCUT2D eigenvalue weighted by atomic mass is 10.2. The van der Waals surface area contributed by atoms with E-state index in [-0.39, 0.29) is 12.6 Å². The predicted octanol–water partition coefficient (Wildman–Crippen LogP) is 0.527. The van der Waals surface area contributed by atoms with E-state index in [0.29, 0.717) is 0 Å². The average Bonchev–Trinajstić information content (AvgIpc) is 2.53. The SMILES string of the molecule is COc1ccccc1N1CCN(CCC(N)CO)CC1. The van der Waals surface area contributed by atoms with Gasteiger partial charge in [-0.3, -0.25) is 4.90 Å². The van der Waals surface area contributed by atoms with Crippen LogP contribution in [0.4, 0.5) is 5.69 Å². The van der Waals surface area contributed by atoms with Crippen LogP contribution in [0.1, 0.15) is 6.42 Å². The van der Waals surface area contributed by atoms with Crippen molar-refractivity contribution < 1.29 is 9.84 Å². The van der Waals surface area contributed by atoms with Gasteiger partial charge in [-0.05, 0) is 25.1 Å². The first kappa shape index (κ1) is 15.1. The number of para-hydroxylation sites is 2. The Hall–Kier alpha value is -1.30. The van der Waals surface area contributed by atoms with Crippen LogP contribution in [0.3, 0.4) is 0 Å². The Kier molecular flexibility index (Phi) is 5.64. The lowest BCUT2D eigenvalue weighted by Crippen LogP contribution is -2.47. The number of hydrogen-bond donors (Lipinski definition) is 2. The third kappa shape index (κ3) is 3.85. The third-order valence-corrected chi connectivity index (χ3v) is 3.85. The normalized spacial score (nSPS) is 18.1. The molecule has 5 nitrogen and oxygen atoms in total. The molecule has 0 saturated carbocycles. The highest BCUT2D eigenvalue weighted by Crippen LogP contribution is 2.28. The Morgan fingerprint density at radius 3 is 2.60 bits per heavy atom. The van der Waals surface area contributed by atoms with Crippen molar-refractivity contribution in [3.63, 3.8) is 0 Å². The van der Waals surface area contributed by atoms with Crippen molar-refractivity contribution in [3.05, 3.63) is 24.3 Å². The molecule has 1 atom stereocenters. The van der Waals surface area contributed by atoms with Gasteiger partial charge in [-0.25, -0.2) is 0 Å². The molecule has 1 heterocycles. The molecule has 1 aromatic rings. The van der Waals surface area contributed by atoms with Gasteiger partial charge in [0, 0.05) is 32.2 Å². The van der Waals surface area contributed by atoms with Crippen LogP contribution in [0.15, 0.2) is 24.3 Å². The molecular weight excluding hydrogens is 254 g/mol. The number of aliphatic hydroxyl groups is 1. The van der Waals surface area contributed by atoms with Crippen molar-refractivity contribution in [1.29, 1.82) is 0 Å². The minimum absolute atomic E-state index is 0.0706. The lowest BCUT2D eigenvalue weighted by molar-refractivity contribution is 0.217. The fourth-order valence-electron chi connectivity index (χ4n) is 2.54. The highest BCUT2D eigenvalue weighted by Gasteiger charge is 2.19. The largest absolute Gasteiger partial charge is 0.495 e. The number of aliphatic hydroxyl groups excluding tert-OH is 1. The summed E-state index contributed by atoms with van der Waals surface area (Å²) in [6.45, 7) is 5.07. The molecular formula is C15H25N3O2. The number of benzene rings is 1. The first-order valence-electron chi connectivity index (χ1n) is 7.21. The maximum atomic E-state index is 8.95. The summed E-state index contributed by atoms with van der Waals surface area (Å²) in [5.74, 6) is 0.934. The van der Waals surface area contributed by atoms with Gasteiger partial charge in [0.25, 0.3) is 0 Å². The minimum Gasteiger partial charge on any atom is -0.495 e. The quantitative estimate of drug-likeness (QED) is 0.795. The fourth-order valence-corrected chi connectivity index (χ4v) is 2.54. The summed E-state index contributed by atoms with van der Waals surface area (Å²) >= 11 is 0. The second kappa shape index (κ2) is 7.47. The van der Waals surface area contributed by atoms with Gasteiger partial charge in [0.05, 0.1) is 19.4 Å². The van der Waals surface area contributed by atoms with Crippen molar-refractivity contribution >= 4 is 5.69 Å². The maximum absolute atomic E-state index is 8.95. The molecule has 2 rings (SSSR count). The molecule has 5 heteroatoms. The van der Waals surface area contributed by atoms with Gasteiger partial charge in [-0.2, -0.15) is 0 Å². The number of piperazine rings is 1. The molecule has 3 N–H and O–H groups in total. The number of ether oxygens (including phenoxy) is 1.